The molecule has 140 valence electrons. The maximum atomic E-state index is 12.9. The molecule has 0 unspecified atom stereocenters. The topological polar surface area (TPSA) is 59.7 Å². The summed E-state index contributed by atoms with van der Waals surface area (Å²) in [4.78, 5) is 12.9. The smallest absolute Gasteiger partial charge is 0.344 e. The number of phenols is 1. The molecule has 4 aromatic rings. The Balaban J connectivity index is 1.98. The number of hydrogen-bond donors (Lipinski definition) is 1. The molecular formula is C23H17ClO4. The normalized spacial score (nSPS) is 10.9. The lowest BCUT2D eigenvalue weighted by atomic mass is 9.93. The maximum Gasteiger partial charge on any atom is 0.344 e. The van der Waals surface area contributed by atoms with Crippen LogP contribution in [0, 0.1) is 0 Å². The summed E-state index contributed by atoms with van der Waals surface area (Å²) in [5.74, 6) is 0.814. The zero-order valence-corrected chi connectivity index (χ0v) is 15.9. The second-order valence-corrected chi connectivity index (χ2v) is 6.89. The van der Waals surface area contributed by atoms with Gasteiger partial charge in [0.25, 0.3) is 0 Å². The van der Waals surface area contributed by atoms with Gasteiger partial charge in [0.15, 0.2) is 0 Å². The van der Waals surface area contributed by atoms with E-state index in [1.165, 1.54) is 0 Å². The summed E-state index contributed by atoms with van der Waals surface area (Å²) in [6, 6.07) is 19.5. The SMILES string of the molecule is COc1ccc2c(Cc3ccc(O)cc3)c(-c3ccc(Cl)cc3)c(=O)oc2c1. The Morgan fingerprint density at radius 1 is 1.00 bits per heavy atom. The van der Waals surface area contributed by atoms with Gasteiger partial charge in [-0.05, 0) is 59.5 Å². The van der Waals surface area contributed by atoms with Gasteiger partial charge < -0.3 is 14.3 Å². The zero-order valence-electron chi connectivity index (χ0n) is 15.1. The van der Waals surface area contributed by atoms with Crippen LogP contribution in [0.15, 0.2) is 75.9 Å². The molecule has 0 aliphatic rings. The maximum absolute atomic E-state index is 12.9. The van der Waals surface area contributed by atoms with Gasteiger partial charge in [0.2, 0.25) is 0 Å². The Morgan fingerprint density at radius 2 is 1.71 bits per heavy atom. The van der Waals surface area contributed by atoms with E-state index in [4.69, 9.17) is 20.8 Å². The number of hydrogen-bond acceptors (Lipinski definition) is 4. The average molecular weight is 393 g/mol. The second kappa shape index (κ2) is 7.41. The van der Waals surface area contributed by atoms with Crippen LogP contribution < -0.4 is 10.4 Å². The highest BCUT2D eigenvalue weighted by atomic mass is 35.5. The van der Waals surface area contributed by atoms with Gasteiger partial charge in [-0.25, -0.2) is 4.79 Å². The Hall–Kier alpha value is -3.24. The highest BCUT2D eigenvalue weighted by Crippen LogP contribution is 2.32. The van der Waals surface area contributed by atoms with Crippen molar-refractivity contribution in [3.05, 3.63) is 93.3 Å². The van der Waals surface area contributed by atoms with Crippen LogP contribution in [0.4, 0.5) is 0 Å². The fraction of sp³-hybridized carbons (Fsp3) is 0.0870. The first kappa shape index (κ1) is 18.1. The molecule has 1 N–H and O–H groups in total. The molecule has 0 amide bonds. The van der Waals surface area contributed by atoms with Crippen molar-refractivity contribution in [1.82, 2.24) is 0 Å². The number of fused-ring (bicyclic) bond motifs is 1. The molecule has 1 heterocycles. The number of phenolic OH excluding ortho intramolecular Hbond substituents is 1. The van der Waals surface area contributed by atoms with Crippen LogP contribution in [0.5, 0.6) is 11.5 Å². The summed E-state index contributed by atoms with van der Waals surface area (Å²) in [6.45, 7) is 0. The monoisotopic (exact) mass is 392 g/mol. The van der Waals surface area contributed by atoms with Crippen molar-refractivity contribution in [3.8, 4) is 22.6 Å². The van der Waals surface area contributed by atoms with Gasteiger partial charge in [-0.2, -0.15) is 0 Å². The van der Waals surface area contributed by atoms with Crippen molar-refractivity contribution in [2.45, 2.75) is 6.42 Å². The average Bonchev–Trinajstić information content (AvgIpc) is 2.70. The molecule has 0 fully saturated rings. The molecule has 4 nitrogen and oxygen atoms in total. The first-order valence-electron chi connectivity index (χ1n) is 8.73. The predicted molar refractivity (Wildman–Crippen MR) is 110 cm³/mol. The minimum absolute atomic E-state index is 0.198. The van der Waals surface area contributed by atoms with E-state index in [1.807, 2.05) is 36.4 Å². The van der Waals surface area contributed by atoms with Crippen molar-refractivity contribution in [2.75, 3.05) is 7.11 Å². The largest absolute Gasteiger partial charge is 0.508 e. The van der Waals surface area contributed by atoms with Gasteiger partial charge in [0.05, 0.1) is 12.7 Å². The van der Waals surface area contributed by atoms with Gasteiger partial charge in [-0.3, -0.25) is 0 Å². The van der Waals surface area contributed by atoms with E-state index >= 15 is 0 Å². The molecule has 0 radical (unpaired) electrons. The lowest BCUT2D eigenvalue weighted by molar-refractivity contribution is 0.414. The predicted octanol–water partition coefficient (Wildman–Crippen LogP) is 5.42. The summed E-state index contributed by atoms with van der Waals surface area (Å²) in [7, 11) is 1.57. The van der Waals surface area contributed by atoms with Crippen LogP contribution in [-0.4, -0.2) is 12.2 Å². The molecule has 28 heavy (non-hydrogen) atoms. The molecule has 4 rings (SSSR count). The number of aromatic hydroxyl groups is 1. The van der Waals surface area contributed by atoms with E-state index in [1.54, 1.807) is 37.4 Å². The van der Waals surface area contributed by atoms with E-state index in [9.17, 15) is 9.90 Å². The molecule has 5 heteroatoms. The zero-order chi connectivity index (χ0) is 19.7. The summed E-state index contributed by atoms with van der Waals surface area (Å²) in [6.07, 6.45) is 0.507. The summed E-state index contributed by atoms with van der Waals surface area (Å²) in [5.41, 5.74) is 3.11. The third kappa shape index (κ3) is 3.47. The van der Waals surface area contributed by atoms with Crippen LogP contribution in [0.2, 0.25) is 5.02 Å². The van der Waals surface area contributed by atoms with Gasteiger partial charge in [-0.15, -0.1) is 0 Å². The van der Waals surface area contributed by atoms with Crippen molar-refractivity contribution in [1.29, 1.82) is 0 Å². The van der Waals surface area contributed by atoms with Crippen LogP contribution >= 0.6 is 11.6 Å². The summed E-state index contributed by atoms with van der Waals surface area (Å²) >= 11 is 6.01. The van der Waals surface area contributed by atoms with Gasteiger partial charge in [0, 0.05) is 16.5 Å². The Labute approximate surface area is 166 Å². The van der Waals surface area contributed by atoms with Crippen LogP contribution in [-0.2, 0) is 6.42 Å². The number of rotatable bonds is 4. The third-order valence-electron chi connectivity index (χ3n) is 4.67. The molecule has 0 saturated heterocycles. The van der Waals surface area contributed by atoms with Crippen LogP contribution in [0.3, 0.4) is 0 Å². The van der Waals surface area contributed by atoms with Crippen LogP contribution in [0.1, 0.15) is 11.1 Å². The molecule has 0 aliphatic heterocycles. The van der Waals surface area contributed by atoms with Crippen LogP contribution in [0.25, 0.3) is 22.1 Å². The van der Waals surface area contributed by atoms with Crippen molar-refractivity contribution in [3.63, 3.8) is 0 Å². The molecule has 1 aromatic heterocycles. The molecule has 0 atom stereocenters. The quantitative estimate of drug-likeness (QED) is 0.471. The van der Waals surface area contributed by atoms with Gasteiger partial charge >= 0.3 is 5.63 Å². The van der Waals surface area contributed by atoms with Gasteiger partial charge in [-0.1, -0.05) is 35.9 Å². The third-order valence-corrected chi connectivity index (χ3v) is 4.92. The number of halogens is 1. The fourth-order valence-electron chi connectivity index (χ4n) is 3.28. The Kier molecular flexibility index (Phi) is 4.80. The van der Waals surface area contributed by atoms with E-state index in [-0.39, 0.29) is 5.75 Å². The van der Waals surface area contributed by atoms with E-state index in [0.29, 0.717) is 28.3 Å². The lowest BCUT2D eigenvalue weighted by Crippen LogP contribution is -2.09. The molecule has 0 saturated carbocycles. The molecule has 0 spiro atoms. The minimum Gasteiger partial charge on any atom is -0.508 e. The second-order valence-electron chi connectivity index (χ2n) is 6.46. The van der Waals surface area contributed by atoms with Crippen molar-refractivity contribution in [2.24, 2.45) is 0 Å². The lowest BCUT2D eigenvalue weighted by Gasteiger charge is -2.13. The van der Waals surface area contributed by atoms with Crippen molar-refractivity contribution < 1.29 is 14.3 Å². The fourth-order valence-corrected chi connectivity index (χ4v) is 3.41. The first-order valence-corrected chi connectivity index (χ1v) is 9.10. The summed E-state index contributed by atoms with van der Waals surface area (Å²) < 4.78 is 10.9. The minimum atomic E-state index is -0.420. The van der Waals surface area contributed by atoms with E-state index < -0.39 is 5.63 Å². The molecule has 0 aliphatic carbocycles. The Morgan fingerprint density at radius 3 is 2.39 bits per heavy atom. The number of benzene rings is 3. The molecule has 0 bridgehead atoms. The van der Waals surface area contributed by atoms with E-state index in [0.717, 1.165) is 22.1 Å². The molecular weight excluding hydrogens is 376 g/mol. The number of ether oxygens (including phenoxy) is 1. The van der Waals surface area contributed by atoms with Gasteiger partial charge in [0.1, 0.15) is 17.1 Å². The standard InChI is InChI=1S/C23H17ClO4/c1-27-18-10-11-19-20(12-14-2-8-17(25)9-3-14)22(23(26)28-21(19)13-18)15-4-6-16(24)7-5-15/h2-11,13,25H,12H2,1H3. The highest BCUT2D eigenvalue weighted by Gasteiger charge is 2.17. The first-order chi connectivity index (χ1) is 13.5. The Bertz CT molecular complexity index is 1190. The summed E-state index contributed by atoms with van der Waals surface area (Å²) in [5, 5.41) is 11.0. The van der Waals surface area contributed by atoms with Crippen molar-refractivity contribution >= 4 is 22.6 Å². The molecule has 3 aromatic carbocycles. The number of methoxy groups -OCH3 is 1. The van der Waals surface area contributed by atoms with E-state index in [2.05, 4.69) is 0 Å². The highest BCUT2D eigenvalue weighted by molar-refractivity contribution is 6.30.